The number of hydrogen-bond acceptors (Lipinski definition) is 3. The molecule has 1 aliphatic heterocycles. The first-order valence-corrected chi connectivity index (χ1v) is 7.41. The molecule has 104 valence electrons. The molecular formula is C14H26N2O2. The molecule has 1 amide bonds. The number of nitrogens with one attached hydrogen (secondary N) is 1. The van der Waals surface area contributed by atoms with Gasteiger partial charge in [-0.1, -0.05) is 26.2 Å². The van der Waals surface area contributed by atoms with E-state index in [2.05, 4.69) is 12.2 Å². The molecule has 4 heteroatoms. The van der Waals surface area contributed by atoms with Crippen LogP contribution in [0.4, 0.5) is 0 Å². The van der Waals surface area contributed by atoms with Gasteiger partial charge in [-0.2, -0.15) is 0 Å². The Morgan fingerprint density at radius 1 is 1.28 bits per heavy atom. The average Bonchev–Trinajstić information content (AvgIpc) is 2.46. The van der Waals surface area contributed by atoms with Crippen LogP contribution in [0.15, 0.2) is 0 Å². The van der Waals surface area contributed by atoms with Crippen LogP contribution in [0, 0.1) is 5.92 Å². The second-order valence-corrected chi connectivity index (χ2v) is 5.43. The minimum Gasteiger partial charge on any atom is -0.368 e. The van der Waals surface area contributed by atoms with E-state index in [1.165, 1.54) is 25.7 Å². The highest BCUT2D eigenvalue weighted by atomic mass is 16.5. The van der Waals surface area contributed by atoms with Crippen molar-refractivity contribution in [3.63, 3.8) is 0 Å². The lowest BCUT2D eigenvalue weighted by atomic mass is 9.85. The van der Waals surface area contributed by atoms with Crippen LogP contribution in [0.3, 0.4) is 0 Å². The molecule has 1 heterocycles. The van der Waals surface area contributed by atoms with Gasteiger partial charge in [0.05, 0.1) is 6.10 Å². The molecule has 2 fully saturated rings. The second-order valence-electron chi connectivity index (χ2n) is 5.43. The van der Waals surface area contributed by atoms with Gasteiger partial charge >= 0.3 is 0 Å². The smallest absolute Gasteiger partial charge is 0.248 e. The van der Waals surface area contributed by atoms with Crippen molar-refractivity contribution in [3.8, 4) is 0 Å². The van der Waals surface area contributed by atoms with E-state index in [0.29, 0.717) is 12.0 Å². The lowest BCUT2D eigenvalue weighted by molar-refractivity contribution is -0.140. The van der Waals surface area contributed by atoms with E-state index >= 15 is 0 Å². The van der Waals surface area contributed by atoms with Gasteiger partial charge in [-0.25, -0.2) is 0 Å². The number of nitrogens with zero attached hydrogens (tertiary/aromatic N) is 1. The first kappa shape index (κ1) is 13.8. The van der Waals surface area contributed by atoms with Gasteiger partial charge in [-0.05, 0) is 18.8 Å². The maximum atomic E-state index is 12.0. The van der Waals surface area contributed by atoms with Crippen molar-refractivity contribution in [2.75, 3.05) is 32.8 Å². The molecule has 1 aliphatic carbocycles. The highest BCUT2D eigenvalue weighted by molar-refractivity contribution is 5.77. The molecule has 1 saturated heterocycles. The van der Waals surface area contributed by atoms with Crippen LogP contribution in [0.25, 0.3) is 0 Å². The fourth-order valence-electron chi connectivity index (χ4n) is 3.04. The summed E-state index contributed by atoms with van der Waals surface area (Å²) in [6.07, 6.45) is 6.46. The van der Waals surface area contributed by atoms with Gasteiger partial charge in [0, 0.05) is 26.2 Å². The summed E-state index contributed by atoms with van der Waals surface area (Å²) in [5.74, 6) is 0.825. The Morgan fingerprint density at radius 2 is 2.00 bits per heavy atom. The summed E-state index contributed by atoms with van der Waals surface area (Å²) in [5, 5.41) is 3.26. The highest BCUT2D eigenvalue weighted by Crippen LogP contribution is 2.29. The van der Waals surface area contributed by atoms with E-state index in [-0.39, 0.29) is 12.5 Å². The minimum atomic E-state index is 0.164. The zero-order chi connectivity index (χ0) is 12.8. The molecule has 1 N–H and O–H groups in total. The summed E-state index contributed by atoms with van der Waals surface area (Å²) in [6.45, 7) is 5.97. The normalized spacial score (nSPS) is 29.3. The van der Waals surface area contributed by atoms with Crippen LogP contribution < -0.4 is 5.32 Å². The van der Waals surface area contributed by atoms with Crippen molar-refractivity contribution in [1.29, 1.82) is 0 Å². The number of piperazine rings is 1. The van der Waals surface area contributed by atoms with Gasteiger partial charge in [0.1, 0.15) is 6.61 Å². The van der Waals surface area contributed by atoms with Gasteiger partial charge in [0.15, 0.2) is 0 Å². The van der Waals surface area contributed by atoms with Crippen molar-refractivity contribution in [3.05, 3.63) is 0 Å². The predicted molar refractivity (Wildman–Crippen MR) is 71.4 cm³/mol. The molecular weight excluding hydrogens is 228 g/mol. The molecule has 2 aliphatic rings. The lowest BCUT2D eigenvalue weighted by Crippen LogP contribution is -2.48. The molecule has 0 aromatic heterocycles. The fourth-order valence-corrected chi connectivity index (χ4v) is 3.04. The SMILES string of the molecule is CCC1CCCCC1OCC(=O)N1CCNCC1. The van der Waals surface area contributed by atoms with Gasteiger partial charge in [0.2, 0.25) is 5.91 Å². The molecule has 0 aromatic carbocycles. The van der Waals surface area contributed by atoms with Gasteiger partial charge in [-0.15, -0.1) is 0 Å². The van der Waals surface area contributed by atoms with E-state index < -0.39 is 0 Å². The standard InChI is InChI=1S/C14H26N2O2/c1-2-12-5-3-4-6-13(12)18-11-14(17)16-9-7-15-8-10-16/h12-13,15H,2-11H2,1H3. The Balaban J connectivity index is 1.73. The van der Waals surface area contributed by atoms with Crippen molar-refractivity contribution in [2.45, 2.75) is 45.1 Å². The molecule has 0 radical (unpaired) electrons. The number of rotatable bonds is 4. The van der Waals surface area contributed by atoms with Gasteiger partial charge in [0.25, 0.3) is 0 Å². The molecule has 0 spiro atoms. The topological polar surface area (TPSA) is 41.6 Å². The maximum absolute atomic E-state index is 12.0. The summed E-state index contributed by atoms with van der Waals surface area (Å²) in [7, 11) is 0. The lowest BCUT2D eigenvalue weighted by Gasteiger charge is -2.32. The summed E-state index contributed by atoms with van der Waals surface area (Å²) in [5.41, 5.74) is 0. The summed E-state index contributed by atoms with van der Waals surface area (Å²) in [6, 6.07) is 0. The Hall–Kier alpha value is -0.610. The van der Waals surface area contributed by atoms with Gasteiger partial charge in [-0.3, -0.25) is 4.79 Å². The molecule has 0 bridgehead atoms. The van der Waals surface area contributed by atoms with Crippen molar-refractivity contribution in [2.24, 2.45) is 5.92 Å². The van der Waals surface area contributed by atoms with E-state index in [1.807, 2.05) is 4.90 Å². The number of ether oxygens (including phenoxy) is 1. The monoisotopic (exact) mass is 254 g/mol. The molecule has 0 aromatic rings. The minimum absolute atomic E-state index is 0.164. The Labute approximate surface area is 110 Å². The third-order valence-corrected chi connectivity index (χ3v) is 4.25. The van der Waals surface area contributed by atoms with Gasteiger partial charge < -0.3 is 15.0 Å². The van der Waals surface area contributed by atoms with Crippen molar-refractivity contribution in [1.82, 2.24) is 10.2 Å². The molecule has 4 nitrogen and oxygen atoms in total. The molecule has 2 atom stereocenters. The maximum Gasteiger partial charge on any atom is 0.248 e. The second kappa shape index (κ2) is 7.10. The Bertz CT molecular complexity index is 265. The Morgan fingerprint density at radius 3 is 2.72 bits per heavy atom. The fraction of sp³-hybridized carbons (Fsp3) is 0.929. The summed E-state index contributed by atoms with van der Waals surface area (Å²) >= 11 is 0. The molecule has 18 heavy (non-hydrogen) atoms. The van der Waals surface area contributed by atoms with Crippen LogP contribution >= 0.6 is 0 Å². The molecule has 2 unspecified atom stereocenters. The third-order valence-electron chi connectivity index (χ3n) is 4.25. The number of amides is 1. The van der Waals surface area contributed by atoms with Crippen LogP contribution in [-0.2, 0) is 9.53 Å². The van der Waals surface area contributed by atoms with E-state index in [1.54, 1.807) is 0 Å². The quantitative estimate of drug-likeness (QED) is 0.824. The first-order chi connectivity index (χ1) is 8.81. The van der Waals surface area contributed by atoms with E-state index in [0.717, 1.165) is 32.6 Å². The van der Waals surface area contributed by atoms with Crippen molar-refractivity contribution < 1.29 is 9.53 Å². The zero-order valence-corrected chi connectivity index (χ0v) is 11.5. The highest BCUT2D eigenvalue weighted by Gasteiger charge is 2.26. The number of carbonyl (C=O) groups is 1. The first-order valence-electron chi connectivity index (χ1n) is 7.41. The van der Waals surface area contributed by atoms with Crippen LogP contribution in [-0.4, -0.2) is 49.7 Å². The van der Waals surface area contributed by atoms with Crippen LogP contribution in [0.2, 0.25) is 0 Å². The largest absolute Gasteiger partial charge is 0.368 e. The predicted octanol–water partition coefficient (Wildman–Crippen LogP) is 1.40. The van der Waals surface area contributed by atoms with E-state index in [9.17, 15) is 4.79 Å². The molecule has 1 saturated carbocycles. The zero-order valence-electron chi connectivity index (χ0n) is 11.5. The number of carbonyl (C=O) groups excluding carboxylic acids is 1. The number of hydrogen-bond donors (Lipinski definition) is 1. The average molecular weight is 254 g/mol. The third kappa shape index (κ3) is 3.69. The van der Waals surface area contributed by atoms with Crippen LogP contribution in [0.1, 0.15) is 39.0 Å². The van der Waals surface area contributed by atoms with Crippen LogP contribution in [0.5, 0.6) is 0 Å². The molecule has 2 rings (SSSR count). The van der Waals surface area contributed by atoms with Crippen molar-refractivity contribution >= 4 is 5.91 Å². The Kier molecular flexibility index (Phi) is 5.45. The summed E-state index contributed by atoms with van der Waals surface area (Å²) < 4.78 is 5.89. The summed E-state index contributed by atoms with van der Waals surface area (Å²) in [4.78, 5) is 13.9. The van der Waals surface area contributed by atoms with E-state index in [4.69, 9.17) is 4.74 Å².